The van der Waals surface area contributed by atoms with Gasteiger partial charge >= 0.3 is 5.97 Å². The summed E-state index contributed by atoms with van der Waals surface area (Å²) in [5.41, 5.74) is -0.532. The molecule has 1 aliphatic rings. The van der Waals surface area contributed by atoms with Gasteiger partial charge < -0.3 is 14.6 Å². The average Bonchev–Trinajstić information content (AvgIpc) is 2.97. The van der Waals surface area contributed by atoms with Crippen molar-refractivity contribution >= 4 is 35.0 Å². The van der Waals surface area contributed by atoms with E-state index in [9.17, 15) is 18.9 Å². The van der Waals surface area contributed by atoms with E-state index in [1.165, 1.54) is 7.11 Å². The number of anilines is 1. The number of hydrogen-bond acceptors (Lipinski definition) is 10. The molecule has 2 unspecified atom stereocenters. The molecule has 13 nitrogen and oxygen atoms in total. The summed E-state index contributed by atoms with van der Waals surface area (Å²) in [6.45, 7) is 1.12. The first-order chi connectivity index (χ1) is 10.8. The van der Waals surface area contributed by atoms with Crippen molar-refractivity contribution in [3.63, 3.8) is 0 Å². The Bertz CT molecular complexity index is 741. The molecule has 0 amide bonds. The van der Waals surface area contributed by atoms with Crippen LogP contribution in [0.25, 0.3) is 0 Å². The first-order valence-electron chi connectivity index (χ1n) is 5.77. The highest BCUT2D eigenvalue weighted by atomic mass is 32.2. The topological polar surface area (TPSA) is 178 Å². The van der Waals surface area contributed by atoms with Gasteiger partial charge in [-0.3, -0.25) is 9.35 Å². The van der Waals surface area contributed by atoms with Gasteiger partial charge in [-0.1, -0.05) is 0 Å². The predicted molar refractivity (Wildman–Crippen MR) is 71.8 cm³/mol. The molecule has 3 N–H and O–H groups in total. The largest absolute Gasteiger partial charge is 0.504 e. The van der Waals surface area contributed by atoms with E-state index in [1.54, 1.807) is 0 Å². The van der Waals surface area contributed by atoms with Crippen molar-refractivity contribution in [3.8, 4) is 0 Å². The zero-order chi connectivity index (χ0) is 17.1. The predicted octanol–water partition coefficient (Wildman–Crippen LogP) is -0.131. The maximum Gasteiger partial charge on any atom is 0.365 e. The van der Waals surface area contributed by atoms with E-state index in [0.29, 0.717) is 0 Å². The monoisotopic (exact) mass is 346 g/mol. The second-order valence-corrected chi connectivity index (χ2v) is 4.64. The van der Waals surface area contributed by atoms with Crippen LogP contribution in [0.3, 0.4) is 0 Å². The molecule has 0 saturated carbocycles. The Hall–Kier alpha value is -2.71. The summed E-state index contributed by atoms with van der Waals surface area (Å²) in [6, 6.07) is 0. The molecule has 0 saturated heterocycles. The molecule has 1 aromatic rings. The number of carbonyl (C=O) groups is 2. The molecule has 0 spiro atoms. The molecule has 2 atom stereocenters. The Labute approximate surface area is 130 Å². The van der Waals surface area contributed by atoms with Crippen molar-refractivity contribution in [3.05, 3.63) is 11.5 Å². The molecule has 2 heterocycles. The molecule has 23 heavy (non-hydrogen) atoms. The summed E-state index contributed by atoms with van der Waals surface area (Å²) in [7, 11) is 1.20. The summed E-state index contributed by atoms with van der Waals surface area (Å²) in [5, 5.41) is 23.5. The number of carbonyl (C=O) groups excluding carboxylic acids is 2. The smallest absolute Gasteiger partial charge is 0.365 e. The summed E-state index contributed by atoms with van der Waals surface area (Å²) in [5.74, 6) is -2.96. The van der Waals surface area contributed by atoms with E-state index < -0.39 is 40.9 Å². The summed E-state index contributed by atoms with van der Waals surface area (Å²) in [6.07, 6.45) is -1.30. The third-order valence-electron chi connectivity index (χ3n) is 2.47. The molecule has 0 aliphatic carbocycles. The molecule has 1 aliphatic heterocycles. The van der Waals surface area contributed by atoms with E-state index in [1.807, 2.05) is 4.72 Å². The molecule has 0 radical (unpaired) electrons. The molecule has 124 valence electrons. The molecular formula is C9H10N6O7S. The Morgan fingerprint density at radius 3 is 2.70 bits per heavy atom. The highest BCUT2D eigenvalue weighted by Gasteiger charge is 2.35. The number of hydrogen-bond donors (Lipinski definition) is 3. The van der Waals surface area contributed by atoms with Gasteiger partial charge in [-0.25, -0.2) is 18.3 Å². The van der Waals surface area contributed by atoms with Crippen molar-refractivity contribution < 1.29 is 32.9 Å². The fraction of sp³-hybridized carbons (Fsp3) is 0.333. The minimum atomic E-state index is -2.49. The number of nitrogens with one attached hydrogen (secondary N) is 1. The molecule has 1 aromatic heterocycles. The standard InChI is InChI=1S/C9H10N6O7S/c1-3(16)15-8(12-13-9(15)14-23(19)20)11-10-4-5(17)7(21-2)22-6(4)18/h7,17H,1-2H3,(H,13,14)(H,19,20). The van der Waals surface area contributed by atoms with Crippen LogP contribution in [0.1, 0.15) is 11.7 Å². The summed E-state index contributed by atoms with van der Waals surface area (Å²) >= 11 is -2.49. The fourth-order valence-corrected chi connectivity index (χ4v) is 1.83. The van der Waals surface area contributed by atoms with E-state index in [2.05, 4.69) is 29.9 Å². The number of aromatic nitrogens is 3. The quantitative estimate of drug-likeness (QED) is 0.372. The van der Waals surface area contributed by atoms with Crippen LogP contribution in [0.5, 0.6) is 0 Å². The molecule has 2 rings (SSSR count). The van der Waals surface area contributed by atoms with Crippen molar-refractivity contribution in [2.75, 3.05) is 11.8 Å². The van der Waals surface area contributed by atoms with Crippen LogP contribution in [0.15, 0.2) is 21.7 Å². The normalized spacial score (nSPS) is 19.3. The number of aliphatic hydroxyl groups is 1. The zero-order valence-electron chi connectivity index (χ0n) is 11.7. The molecule has 0 bridgehead atoms. The maximum absolute atomic E-state index is 11.5. The SMILES string of the molecule is COC1OC(=O)C(N=Nc2nnc(NS(=O)O)n2C(C)=O)=C1O. The van der Waals surface area contributed by atoms with E-state index in [0.717, 1.165) is 11.5 Å². The van der Waals surface area contributed by atoms with Crippen molar-refractivity contribution in [2.24, 2.45) is 10.2 Å². The molecular weight excluding hydrogens is 336 g/mol. The van der Waals surface area contributed by atoms with Gasteiger partial charge in [-0.05, 0) is 0 Å². The van der Waals surface area contributed by atoms with Crippen LogP contribution in [0.4, 0.5) is 11.9 Å². The lowest BCUT2D eigenvalue weighted by atomic mass is 10.4. The third-order valence-corrected chi connectivity index (χ3v) is 2.82. The number of rotatable bonds is 5. The Morgan fingerprint density at radius 2 is 2.17 bits per heavy atom. The fourth-order valence-electron chi connectivity index (χ4n) is 1.55. The van der Waals surface area contributed by atoms with Gasteiger partial charge in [-0.2, -0.15) is 0 Å². The number of methoxy groups -OCH3 is 1. The highest BCUT2D eigenvalue weighted by molar-refractivity contribution is 7.80. The van der Waals surface area contributed by atoms with Crippen LogP contribution in [0.2, 0.25) is 0 Å². The van der Waals surface area contributed by atoms with Gasteiger partial charge in [0.1, 0.15) is 0 Å². The number of esters is 1. The zero-order valence-corrected chi connectivity index (χ0v) is 12.5. The van der Waals surface area contributed by atoms with Crippen molar-refractivity contribution in [2.45, 2.75) is 13.2 Å². The van der Waals surface area contributed by atoms with Crippen LogP contribution < -0.4 is 4.72 Å². The van der Waals surface area contributed by atoms with E-state index in [4.69, 9.17) is 4.55 Å². The van der Waals surface area contributed by atoms with Gasteiger partial charge in [0.25, 0.3) is 23.5 Å². The number of aliphatic hydroxyl groups excluding tert-OH is 1. The summed E-state index contributed by atoms with van der Waals surface area (Å²) in [4.78, 5) is 23.0. The number of azo groups is 1. The van der Waals surface area contributed by atoms with Crippen LogP contribution >= 0.6 is 0 Å². The number of nitrogens with zero attached hydrogens (tertiary/aromatic N) is 5. The Balaban J connectivity index is 2.35. The van der Waals surface area contributed by atoms with Crippen molar-refractivity contribution in [1.82, 2.24) is 14.8 Å². The highest BCUT2D eigenvalue weighted by Crippen LogP contribution is 2.24. The van der Waals surface area contributed by atoms with E-state index >= 15 is 0 Å². The van der Waals surface area contributed by atoms with Gasteiger partial charge in [0.2, 0.25) is 17.6 Å². The molecule has 0 fully saturated rings. The lowest BCUT2D eigenvalue weighted by Crippen LogP contribution is -2.13. The number of ether oxygens (including phenoxy) is 2. The van der Waals surface area contributed by atoms with E-state index in [-0.39, 0.29) is 11.9 Å². The van der Waals surface area contributed by atoms with Crippen LogP contribution in [0, 0.1) is 0 Å². The lowest BCUT2D eigenvalue weighted by molar-refractivity contribution is -0.158. The number of cyclic esters (lactones) is 1. The first-order valence-corrected chi connectivity index (χ1v) is 6.88. The lowest BCUT2D eigenvalue weighted by Gasteiger charge is -2.05. The van der Waals surface area contributed by atoms with Gasteiger partial charge in [0, 0.05) is 14.0 Å². The van der Waals surface area contributed by atoms with Gasteiger partial charge in [0.15, 0.2) is 5.76 Å². The molecule has 14 heteroatoms. The second kappa shape index (κ2) is 6.59. The summed E-state index contributed by atoms with van der Waals surface area (Å²) < 4.78 is 31.5. The van der Waals surface area contributed by atoms with Crippen molar-refractivity contribution in [1.29, 1.82) is 0 Å². The second-order valence-electron chi connectivity index (χ2n) is 3.94. The average molecular weight is 346 g/mol. The maximum atomic E-state index is 11.5. The van der Waals surface area contributed by atoms with Crippen LogP contribution in [-0.2, 0) is 25.5 Å². The molecule has 0 aromatic carbocycles. The van der Waals surface area contributed by atoms with Gasteiger partial charge in [-0.15, -0.1) is 20.4 Å². The Kier molecular flexibility index (Phi) is 4.77. The minimum Gasteiger partial charge on any atom is -0.504 e. The third kappa shape index (κ3) is 3.38. The minimum absolute atomic E-state index is 0.353. The van der Waals surface area contributed by atoms with Gasteiger partial charge in [0.05, 0.1) is 0 Å². The first kappa shape index (κ1) is 16.7. The van der Waals surface area contributed by atoms with Crippen LogP contribution in [-0.4, -0.2) is 53.9 Å². The Morgan fingerprint density at radius 1 is 1.48 bits per heavy atom.